The molecule has 0 unspecified atom stereocenters. The van der Waals surface area contributed by atoms with Gasteiger partial charge in [0.25, 0.3) is 0 Å². The minimum absolute atomic E-state index is 0.0380. The van der Waals surface area contributed by atoms with Gasteiger partial charge in [-0.2, -0.15) is 0 Å². The monoisotopic (exact) mass is 279 g/mol. The van der Waals surface area contributed by atoms with Gasteiger partial charge in [-0.15, -0.1) is 5.10 Å². The lowest BCUT2D eigenvalue weighted by Crippen LogP contribution is -2.52. The number of aromatic nitrogens is 4. The van der Waals surface area contributed by atoms with Crippen molar-refractivity contribution in [3.05, 3.63) is 6.33 Å². The van der Waals surface area contributed by atoms with Gasteiger partial charge in [0, 0.05) is 26.1 Å². The molecule has 7 heteroatoms. The maximum Gasteiger partial charge on any atom is 0.222 e. The average Bonchev–Trinajstić information content (AvgIpc) is 3.11. The van der Waals surface area contributed by atoms with E-state index in [0.29, 0.717) is 19.6 Å². The highest BCUT2D eigenvalue weighted by Crippen LogP contribution is 2.35. The summed E-state index contributed by atoms with van der Waals surface area (Å²) in [5.41, 5.74) is -0.0380. The number of hydrogen-bond donors (Lipinski definition) is 0. The Bertz CT molecular complexity index is 442. The Morgan fingerprint density at radius 1 is 1.35 bits per heavy atom. The number of rotatable bonds is 4. The van der Waals surface area contributed by atoms with Crippen LogP contribution in [0.4, 0.5) is 0 Å². The van der Waals surface area contributed by atoms with E-state index in [1.54, 1.807) is 11.0 Å². The summed E-state index contributed by atoms with van der Waals surface area (Å²) in [6.07, 6.45) is 7.54. The summed E-state index contributed by atoms with van der Waals surface area (Å²) in [5, 5.41) is 11.0. The Morgan fingerprint density at radius 2 is 2.20 bits per heavy atom. The number of carbonyl (C=O) groups excluding carboxylic acids is 1. The zero-order valence-electron chi connectivity index (χ0n) is 11.7. The van der Waals surface area contributed by atoms with Crippen LogP contribution in [0.25, 0.3) is 0 Å². The van der Waals surface area contributed by atoms with Crippen LogP contribution in [0.3, 0.4) is 0 Å². The standard InChI is InChI=1S/C13H21N5O2/c19-12(4-3-7-18-11-14-15-16-18)17-8-9-20-13(10-17)5-1-2-6-13/h11H,1-10H2. The van der Waals surface area contributed by atoms with Crippen molar-refractivity contribution in [3.8, 4) is 0 Å². The Labute approximate surface area is 118 Å². The molecule has 3 rings (SSSR count). The second-order valence-corrected chi connectivity index (χ2v) is 5.73. The Morgan fingerprint density at radius 3 is 2.95 bits per heavy atom. The molecular weight excluding hydrogens is 258 g/mol. The topological polar surface area (TPSA) is 73.1 Å². The van der Waals surface area contributed by atoms with Crippen LogP contribution in [0.2, 0.25) is 0 Å². The molecule has 1 amide bonds. The van der Waals surface area contributed by atoms with E-state index in [2.05, 4.69) is 15.5 Å². The lowest BCUT2D eigenvalue weighted by molar-refractivity contribution is -0.149. The van der Waals surface area contributed by atoms with Gasteiger partial charge in [0.05, 0.1) is 12.2 Å². The summed E-state index contributed by atoms with van der Waals surface area (Å²) in [5.74, 6) is 0.229. The van der Waals surface area contributed by atoms with Gasteiger partial charge in [0.2, 0.25) is 5.91 Å². The Hall–Kier alpha value is -1.50. The third-order valence-electron chi connectivity index (χ3n) is 4.29. The first-order valence-electron chi connectivity index (χ1n) is 7.40. The van der Waals surface area contributed by atoms with Gasteiger partial charge in [-0.05, 0) is 29.7 Å². The van der Waals surface area contributed by atoms with Crippen molar-refractivity contribution in [1.82, 2.24) is 25.1 Å². The maximum atomic E-state index is 12.3. The smallest absolute Gasteiger partial charge is 0.222 e. The predicted molar refractivity (Wildman–Crippen MR) is 70.8 cm³/mol. The van der Waals surface area contributed by atoms with Gasteiger partial charge in [0.1, 0.15) is 6.33 Å². The van der Waals surface area contributed by atoms with Crippen LogP contribution in [0, 0.1) is 0 Å². The van der Waals surface area contributed by atoms with Crippen molar-refractivity contribution in [2.45, 2.75) is 50.7 Å². The number of amides is 1. The molecule has 7 nitrogen and oxygen atoms in total. The van der Waals surface area contributed by atoms with Gasteiger partial charge in [-0.3, -0.25) is 4.79 Å². The maximum absolute atomic E-state index is 12.3. The average molecular weight is 279 g/mol. The molecule has 0 aromatic carbocycles. The normalized spacial score (nSPS) is 21.5. The lowest BCUT2D eigenvalue weighted by Gasteiger charge is -2.40. The van der Waals surface area contributed by atoms with Crippen LogP contribution in [0.15, 0.2) is 6.33 Å². The van der Waals surface area contributed by atoms with E-state index in [1.165, 1.54) is 12.8 Å². The van der Waals surface area contributed by atoms with Crippen LogP contribution in [0.5, 0.6) is 0 Å². The zero-order chi connectivity index (χ0) is 13.8. The summed E-state index contributed by atoms with van der Waals surface area (Å²) in [4.78, 5) is 14.3. The number of carbonyl (C=O) groups is 1. The first-order valence-corrected chi connectivity index (χ1v) is 7.40. The molecular formula is C13H21N5O2. The number of nitrogens with zero attached hydrogens (tertiary/aromatic N) is 5. The summed E-state index contributed by atoms with van der Waals surface area (Å²) in [7, 11) is 0. The van der Waals surface area contributed by atoms with E-state index in [9.17, 15) is 4.79 Å². The fraction of sp³-hybridized carbons (Fsp3) is 0.846. The fourth-order valence-electron chi connectivity index (χ4n) is 3.21. The third kappa shape index (κ3) is 2.98. The largest absolute Gasteiger partial charge is 0.371 e. The van der Waals surface area contributed by atoms with E-state index in [0.717, 1.165) is 32.4 Å². The SMILES string of the molecule is O=C(CCCn1cnnn1)N1CCOC2(CCCC2)C1. The van der Waals surface area contributed by atoms with Gasteiger partial charge in [-0.25, -0.2) is 4.68 Å². The minimum atomic E-state index is -0.0380. The molecule has 1 spiro atoms. The molecule has 20 heavy (non-hydrogen) atoms. The van der Waals surface area contributed by atoms with Crippen LogP contribution < -0.4 is 0 Å². The second-order valence-electron chi connectivity index (χ2n) is 5.73. The molecule has 2 aliphatic rings. The molecule has 1 saturated carbocycles. The number of morpholine rings is 1. The summed E-state index contributed by atoms with van der Waals surface area (Å²) in [6.45, 7) is 2.87. The van der Waals surface area contributed by atoms with E-state index < -0.39 is 0 Å². The second kappa shape index (κ2) is 5.87. The number of hydrogen-bond acceptors (Lipinski definition) is 5. The van der Waals surface area contributed by atoms with Crippen LogP contribution in [-0.4, -0.2) is 56.3 Å². The molecule has 1 aromatic rings. The molecule has 1 saturated heterocycles. The van der Waals surface area contributed by atoms with Gasteiger partial charge in [0.15, 0.2) is 0 Å². The highest BCUT2D eigenvalue weighted by molar-refractivity contribution is 5.76. The zero-order valence-corrected chi connectivity index (χ0v) is 11.7. The fourth-order valence-corrected chi connectivity index (χ4v) is 3.21. The van der Waals surface area contributed by atoms with Gasteiger partial charge in [-0.1, -0.05) is 12.8 Å². The number of tetrazole rings is 1. The molecule has 1 aliphatic carbocycles. The summed E-state index contributed by atoms with van der Waals surface area (Å²) >= 11 is 0. The number of ether oxygens (including phenoxy) is 1. The van der Waals surface area contributed by atoms with Gasteiger partial charge < -0.3 is 9.64 Å². The Kier molecular flexibility index (Phi) is 3.95. The van der Waals surface area contributed by atoms with E-state index in [4.69, 9.17) is 4.74 Å². The molecule has 1 aliphatic heterocycles. The van der Waals surface area contributed by atoms with Crippen molar-refractivity contribution >= 4 is 5.91 Å². The summed E-state index contributed by atoms with van der Waals surface area (Å²) < 4.78 is 7.60. The van der Waals surface area contributed by atoms with Crippen molar-refractivity contribution in [2.75, 3.05) is 19.7 Å². The van der Waals surface area contributed by atoms with E-state index in [1.807, 2.05) is 4.90 Å². The van der Waals surface area contributed by atoms with Crippen molar-refractivity contribution < 1.29 is 9.53 Å². The van der Waals surface area contributed by atoms with Gasteiger partial charge >= 0.3 is 0 Å². The number of aryl methyl sites for hydroxylation is 1. The van der Waals surface area contributed by atoms with Crippen molar-refractivity contribution in [3.63, 3.8) is 0 Å². The highest BCUT2D eigenvalue weighted by atomic mass is 16.5. The predicted octanol–water partition coefficient (Wildman–Crippen LogP) is 0.625. The van der Waals surface area contributed by atoms with E-state index >= 15 is 0 Å². The highest BCUT2D eigenvalue weighted by Gasteiger charge is 2.40. The molecule has 0 atom stereocenters. The Balaban J connectivity index is 1.47. The molecule has 0 bridgehead atoms. The quantitative estimate of drug-likeness (QED) is 0.808. The molecule has 2 heterocycles. The first-order chi connectivity index (χ1) is 9.77. The summed E-state index contributed by atoms with van der Waals surface area (Å²) in [6, 6.07) is 0. The van der Waals surface area contributed by atoms with Crippen molar-refractivity contribution in [1.29, 1.82) is 0 Å². The van der Waals surface area contributed by atoms with E-state index in [-0.39, 0.29) is 11.5 Å². The van der Waals surface area contributed by atoms with Crippen molar-refractivity contribution in [2.24, 2.45) is 0 Å². The lowest BCUT2D eigenvalue weighted by atomic mass is 9.99. The minimum Gasteiger partial charge on any atom is -0.371 e. The van der Waals surface area contributed by atoms with Crippen LogP contribution in [-0.2, 0) is 16.1 Å². The third-order valence-corrected chi connectivity index (χ3v) is 4.29. The molecule has 110 valence electrons. The molecule has 0 N–H and O–H groups in total. The van der Waals surface area contributed by atoms with Crippen LogP contribution >= 0.6 is 0 Å². The molecule has 0 radical (unpaired) electrons. The van der Waals surface area contributed by atoms with Crippen LogP contribution in [0.1, 0.15) is 38.5 Å². The first kappa shape index (κ1) is 13.5. The molecule has 2 fully saturated rings. The molecule has 1 aromatic heterocycles.